The number of rotatable bonds is 8. The quantitative estimate of drug-likeness (QED) is 0.516. The number of pyridine rings is 1. The van der Waals surface area contributed by atoms with Crippen molar-refractivity contribution in [1.82, 2.24) is 14.8 Å². The SMILES string of the molecule is COCCOc1ncccc1NC(=O)Cc1c(C)nn(-c2ccc(Cl)cc2Cl)c1C. The summed E-state index contributed by atoms with van der Waals surface area (Å²) in [5, 5.41) is 8.45. The van der Waals surface area contributed by atoms with Crippen molar-refractivity contribution in [1.29, 1.82) is 0 Å². The molecule has 0 aliphatic heterocycles. The summed E-state index contributed by atoms with van der Waals surface area (Å²) in [6.07, 6.45) is 1.75. The number of hydrogen-bond acceptors (Lipinski definition) is 5. The lowest BCUT2D eigenvalue weighted by molar-refractivity contribution is -0.115. The molecule has 0 unspecified atom stereocenters. The number of amides is 1. The Morgan fingerprint density at radius 2 is 2.00 bits per heavy atom. The van der Waals surface area contributed by atoms with E-state index in [1.165, 1.54) is 0 Å². The Bertz CT molecular complexity index is 1050. The first kappa shape index (κ1) is 22.1. The first-order valence-electron chi connectivity index (χ1n) is 9.27. The highest BCUT2D eigenvalue weighted by molar-refractivity contribution is 6.35. The molecular formula is C21H22Cl2N4O3. The van der Waals surface area contributed by atoms with Crippen LogP contribution in [-0.2, 0) is 16.0 Å². The molecule has 3 aromatic rings. The maximum Gasteiger partial charge on any atom is 0.237 e. The van der Waals surface area contributed by atoms with Crippen LogP contribution in [0.5, 0.6) is 5.88 Å². The van der Waals surface area contributed by atoms with E-state index >= 15 is 0 Å². The van der Waals surface area contributed by atoms with Gasteiger partial charge in [0.05, 0.1) is 29.4 Å². The van der Waals surface area contributed by atoms with Crippen molar-refractivity contribution >= 4 is 34.8 Å². The van der Waals surface area contributed by atoms with Gasteiger partial charge in [0.1, 0.15) is 12.3 Å². The Morgan fingerprint density at radius 1 is 1.20 bits per heavy atom. The molecule has 0 aliphatic carbocycles. The predicted molar refractivity (Wildman–Crippen MR) is 117 cm³/mol. The molecule has 0 saturated heterocycles. The smallest absolute Gasteiger partial charge is 0.237 e. The van der Waals surface area contributed by atoms with Crippen LogP contribution in [0, 0.1) is 13.8 Å². The van der Waals surface area contributed by atoms with E-state index in [-0.39, 0.29) is 12.3 Å². The number of halogens is 2. The maximum atomic E-state index is 12.7. The fourth-order valence-electron chi connectivity index (χ4n) is 3.00. The molecule has 158 valence electrons. The van der Waals surface area contributed by atoms with Crippen molar-refractivity contribution in [3.05, 3.63) is 63.5 Å². The van der Waals surface area contributed by atoms with Crippen molar-refractivity contribution < 1.29 is 14.3 Å². The fraction of sp³-hybridized carbons (Fsp3) is 0.286. The van der Waals surface area contributed by atoms with Crippen LogP contribution >= 0.6 is 23.2 Å². The minimum Gasteiger partial charge on any atom is -0.474 e. The highest BCUT2D eigenvalue weighted by Crippen LogP contribution is 2.27. The second kappa shape index (κ2) is 9.93. The Balaban J connectivity index is 1.78. The average molecular weight is 449 g/mol. The average Bonchev–Trinajstić information content (AvgIpc) is 2.97. The van der Waals surface area contributed by atoms with Crippen LogP contribution in [0.15, 0.2) is 36.5 Å². The van der Waals surface area contributed by atoms with Crippen LogP contribution in [0.1, 0.15) is 17.0 Å². The number of aromatic nitrogens is 3. The number of benzene rings is 1. The summed E-state index contributed by atoms with van der Waals surface area (Å²) in [4.78, 5) is 16.9. The van der Waals surface area contributed by atoms with Crippen LogP contribution in [0.25, 0.3) is 5.69 Å². The van der Waals surface area contributed by atoms with E-state index < -0.39 is 0 Å². The van der Waals surface area contributed by atoms with Crippen LogP contribution in [0.3, 0.4) is 0 Å². The molecule has 0 radical (unpaired) electrons. The highest BCUT2D eigenvalue weighted by atomic mass is 35.5. The molecule has 0 saturated carbocycles. The first-order chi connectivity index (χ1) is 14.4. The molecule has 2 heterocycles. The van der Waals surface area contributed by atoms with Gasteiger partial charge >= 0.3 is 0 Å². The number of hydrogen-bond donors (Lipinski definition) is 1. The van der Waals surface area contributed by atoms with E-state index in [2.05, 4.69) is 15.4 Å². The van der Waals surface area contributed by atoms with Gasteiger partial charge in [0, 0.05) is 29.6 Å². The number of ether oxygens (including phenoxy) is 2. The van der Waals surface area contributed by atoms with E-state index in [1.807, 2.05) is 13.8 Å². The first-order valence-corrected chi connectivity index (χ1v) is 10.0. The summed E-state index contributed by atoms with van der Waals surface area (Å²) in [5.74, 6) is 0.146. The summed E-state index contributed by atoms with van der Waals surface area (Å²) in [6, 6.07) is 8.68. The van der Waals surface area contributed by atoms with E-state index in [4.69, 9.17) is 32.7 Å². The van der Waals surface area contributed by atoms with Gasteiger partial charge in [0.15, 0.2) is 0 Å². The van der Waals surface area contributed by atoms with E-state index in [9.17, 15) is 4.79 Å². The van der Waals surface area contributed by atoms with Crippen molar-refractivity contribution in [3.63, 3.8) is 0 Å². The van der Waals surface area contributed by atoms with Crippen LogP contribution in [0.2, 0.25) is 10.0 Å². The van der Waals surface area contributed by atoms with Gasteiger partial charge in [0.25, 0.3) is 0 Å². The van der Waals surface area contributed by atoms with Gasteiger partial charge in [-0.3, -0.25) is 4.79 Å². The van der Waals surface area contributed by atoms with Gasteiger partial charge in [-0.2, -0.15) is 5.10 Å². The number of anilines is 1. The van der Waals surface area contributed by atoms with Gasteiger partial charge in [-0.15, -0.1) is 0 Å². The zero-order valence-electron chi connectivity index (χ0n) is 16.9. The van der Waals surface area contributed by atoms with Crippen molar-refractivity contribution in [2.24, 2.45) is 0 Å². The normalized spacial score (nSPS) is 10.8. The van der Waals surface area contributed by atoms with Crippen LogP contribution in [-0.4, -0.2) is 41.0 Å². The lowest BCUT2D eigenvalue weighted by Gasteiger charge is -2.11. The van der Waals surface area contributed by atoms with E-state index in [1.54, 1.807) is 48.3 Å². The van der Waals surface area contributed by atoms with Crippen LogP contribution in [0.4, 0.5) is 5.69 Å². The molecule has 0 spiro atoms. The molecular weight excluding hydrogens is 427 g/mol. The van der Waals surface area contributed by atoms with Gasteiger partial charge in [-0.25, -0.2) is 9.67 Å². The van der Waals surface area contributed by atoms with Gasteiger partial charge < -0.3 is 14.8 Å². The third kappa shape index (κ3) is 5.11. The van der Waals surface area contributed by atoms with Gasteiger partial charge in [-0.05, 0) is 44.2 Å². The Hall–Kier alpha value is -2.61. The van der Waals surface area contributed by atoms with E-state index in [0.29, 0.717) is 40.5 Å². The largest absolute Gasteiger partial charge is 0.474 e. The second-order valence-corrected chi connectivity index (χ2v) is 7.42. The van der Waals surface area contributed by atoms with Gasteiger partial charge in [0.2, 0.25) is 11.8 Å². The molecule has 0 aliphatic rings. The van der Waals surface area contributed by atoms with Crippen molar-refractivity contribution in [3.8, 4) is 11.6 Å². The summed E-state index contributed by atoms with van der Waals surface area (Å²) in [5.41, 5.74) is 3.60. The zero-order valence-corrected chi connectivity index (χ0v) is 18.4. The predicted octanol–water partition coefficient (Wildman–Crippen LogP) is 4.40. The molecule has 3 rings (SSSR count). The summed E-state index contributed by atoms with van der Waals surface area (Å²) in [6.45, 7) is 4.52. The van der Waals surface area contributed by atoms with Crippen LogP contribution < -0.4 is 10.1 Å². The Labute approximate surface area is 184 Å². The molecule has 0 fully saturated rings. The monoisotopic (exact) mass is 448 g/mol. The minimum absolute atomic E-state index is 0.148. The zero-order chi connectivity index (χ0) is 21.7. The molecule has 0 atom stereocenters. The maximum absolute atomic E-state index is 12.7. The number of carbonyl (C=O) groups is 1. The molecule has 1 N–H and O–H groups in total. The number of carbonyl (C=O) groups excluding carboxylic acids is 1. The molecule has 2 aromatic heterocycles. The lowest BCUT2D eigenvalue weighted by Crippen LogP contribution is -2.17. The van der Waals surface area contributed by atoms with Crippen molar-refractivity contribution in [2.45, 2.75) is 20.3 Å². The topological polar surface area (TPSA) is 78.3 Å². The minimum atomic E-state index is -0.201. The number of aryl methyl sites for hydroxylation is 1. The molecule has 7 nitrogen and oxygen atoms in total. The standard InChI is InChI=1S/C21H22Cl2N4O3/c1-13-16(14(2)27(26-13)19-7-6-15(22)11-17(19)23)12-20(28)25-18-5-4-8-24-21(18)30-10-9-29-3/h4-8,11H,9-10,12H2,1-3H3,(H,25,28). The highest BCUT2D eigenvalue weighted by Gasteiger charge is 2.18. The summed E-state index contributed by atoms with van der Waals surface area (Å²) < 4.78 is 12.3. The summed E-state index contributed by atoms with van der Waals surface area (Å²) in [7, 11) is 1.59. The molecule has 9 heteroatoms. The third-order valence-electron chi connectivity index (χ3n) is 4.49. The molecule has 0 bridgehead atoms. The fourth-order valence-corrected chi connectivity index (χ4v) is 3.48. The second-order valence-electron chi connectivity index (χ2n) is 6.58. The lowest BCUT2D eigenvalue weighted by atomic mass is 10.1. The van der Waals surface area contributed by atoms with E-state index in [0.717, 1.165) is 17.0 Å². The molecule has 1 amide bonds. The molecule has 1 aromatic carbocycles. The van der Waals surface area contributed by atoms with Crippen molar-refractivity contribution in [2.75, 3.05) is 25.6 Å². The number of nitrogens with one attached hydrogen (secondary N) is 1. The Morgan fingerprint density at radius 3 is 2.73 bits per heavy atom. The number of methoxy groups -OCH3 is 1. The Kier molecular flexibility index (Phi) is 7.31. The molecule has 30 heavy (non-hydrogen) atoms. The third-order valence-corrected chi connectivity index (χ3v) is 5.03. The van der Waals surface area contributed by atoms with Gasteiger partial charge in [-0.1, -0.05) is 23.2 Å². The number of nitrogens with zero attached hydrogens (tertiary/aromatic N) is 3. The summed E-state index contributed by atoms with van der Waals surface area (Å²) >= 11 is 12.3.